The van der Waals surface area contributed by atoms with Crippen LogP contribution in [0.1, 0.15) is 40.1 Å². The Kier molecular flexibility index (Phi) is 6.70. The first-order valence-electron chi connectivity index (χ1n) is 11.0. The van der Waals surface area contributed by atoms with Gasteiger partial charge in [-0.3, -0.25) is 9.59 Å². The number of methoxy groups -OCH3 is 1. The van der Waals surface area contributed by atoms with Gasteiger partial charge in [-0.15, -0.1) is 0 Å². The van der Waals surface area contributed by atoms with Crippen molar-refractivity contribution in [2.24, 2.45) is 5.92 Å². The van der Waals surface area contributed by atoms with Crippen LogP contribution in [0.5, 0.6) is 0 Å². The summed E-state index contributed by atoms with van der Waals surface area (Å²) in [5.74, 6) is -0.881. The van der Waals surface area contributed by atoms with Crippen LogP contribution in [0.2, 0.25) is 5.02 Å². The van der Waals surface area contributed by atoms with Crippen LogP contribution in [0.15, 0.2) is 66.7 Å². The van der Waals surface area contributed by atoms with E-state index in [-0.39, 0.29) is 17.7 Å². The number of ether oxygens (including phenoxy) is 1. The number of rotatable bonds is 6. The van der Waals surface area contributed by atoms with E-state index in [2.05, 4.69) is 5.32 Å². The number of esters is 1. The topological polar surface area (TPSA) is 75.7 Å². The van der Waals surface area contributed by atoms with E-state index in [0.717, 1.165) is 16.7 Å². The van der Waals surface area contributed by atoms with Gasteiger partial charge in [0.05, 0.1) is 7.11 Å². The summed E-state index contributed by atoms with van der Waals surface area (Å²) in [6.45, 7) is 4.15. The normalized spacial score (nSPS) is 13.6. The lowest BCUT2D eigenvalue weighted by molar-refractivity contribution is -0.147. The zero-order valence-corrected chi connectivity index (χ0v) is 19.9. The van der Waals surface area contributed by atoms with E-state index in [1.54, 1.807) is 35.2 Å². The van der Waals surface area contributed by atoms with E-state index in [4.69, 9.17) is 16.3 Å². The zero-order chi connectivity index (χ0) is 24.4. The lowest BCUT2D eigenvalue weighted by Gasteiger charge is -2.28. The number of fused-ring (bicyclic) bond motifs is 1. The maximum atomic E-state index is 13.0. The number of nitrogens with zero attached hydrogens (tertiary/aromatic N) is 1. The Morgan fingerprint density at radius 3 is 2.35 bits per heavy atom. The van der Waals surface area contributed by atoms with Crippen LogP contribution in [0.3, 0.4) is 0 Å². The van der Waals surface area contributed by atoms with Gasteiger partial charge < -0.3 is 15.0 Å². The van der Waals surface area contributed by atoms with Crippen molar-refractivity contribution in [1.29, 1.82) is 0 Å². The van der Waals surface area contributed by atoms with Crippen LogP contribution in [0, 0.1) is 5.92 Å². The largest absolute Gasteiger partial charge is 0.467 e. The maximum Gasteiger partial charge on any atom is 0.328 e. The number of amides is 2. The predicted molar refractivity (Wildman–Crippen MR) is 132 cm³/mol. The number of benzene rings is 3. The number of nitrogens with one attached hydrogen (secondary N) is 1. The van der Waals surface area contributed by atoms with Crippen LogP contribution >= 0.6 is 11.6 Å². The van der Waals surface area contributed by atoms with Gasteiger partial charge in [-0.25, -0.2) is 4.79 Å². The van der Waals surface area contributed by atoms with E-state index < -0.39 is 12.0 Å². The molecule has 1 aliphatic heterocycles. The van der Waals surface area contributed by atoms with Crippen molar-refractivity contribution >= 4 is 35.1 Å². The van der Waals surface area contributed by atoms with Crippen molar-refractivity contribution < 1.29 is 19.1 Å². The standard InChI is InChI=1S/C27H25ClN2O4/c1-16(2)24(27(33)34-3)30-15-20-13-18(9-12-23(20)26(30)32)17-7-10-22(11-8-17)29-25(31)19-5-4-6-21(28)14-19/h4-14,16,24H,15H2,1-3H3,(H,29,31)/t24-/m0/s1. The monoisotopic (exact) mass is 476 g/mol. The molecule has 4 rings (SSSR count). The average Bonchev–Trinajstić information content (AvgIpc) is 3.14. The Morgan fingerprint density at radius 2 is 1.71 bits per heavy atom. The van der Waals surface area contributed by atoms with Gasteiger partial charge in [-0.1, -0.05) is 49.7 Å². The molecule has 174 valence electrons. The molecule has 0 bridgehead atoms. The summed E-state index contributed by atoms with van der Waals surface area (Å²) in [5, 5.41) is 3.37. The van der Waals surface area contributed by atoms with Gasteiger partial charge in [0.15, 0.2) is 0 Å². The first kappa shape index (κ1) is 23.5. The van der Waals surface area contributed by atoms with Gasteiger partial charge in [-0.2, -0.15) is 0 Å². The zero-order valence-electron chi connectivity index (χ0n) is 19.2. The Morgan fingerprint density at radius 1 is 1.00 bits per heavy atom. The highest BCUT2D eigenvalue weighted by Gasteiger charge is 2.38. The average molecular weight is 477 g/mol. The van der Waals surface area contributed by atoms with Gasteiger partial charge in [0.1, 0.15) is 6.04 Å². The number of carbonyl (C=O) groups excluding carboxylic acids is 3. The molecular formula is C27H25ClN2O4. The van der Waals surface area contributed by atoms with Crippen LogP contribution in [-0.2, 0) is 16.1 Å². The molecule has 0 fully saturated rings. The fourth-order valence-corrected chi connectivity index (χ4v) is 4.40. The molecule has 7 heteroatoms. The Bertz CT molecular complexity index is 1250. The van der Waals surface area contributed by atoms with Gasteiger partial charge in [0.2, 0.25) is 0 Å². The SMILES string of the molecule is COC(=O)[C@H](C(C)C)N1Cc2cc(-c3ccc(NC(=O)c4cccc(Cl)c4)cc3)ccc2C1=O. The van der Waals surface area contributed by atoms with E-state index in [9.17, 15) is 14.4 Å². The molecule has 0 spiro atoms. The van der Waals surface area contributed by atoms with Crippen molar-refractivity contribution in [2.75, 3.05) is 12.4 Å². The van der Waals surface area contributed by atoms with Crippen molar-refractivity contribution in [3.8, 4) is 11.1 Å². The molecule has 1 aliphatic rings. The number of hydrogen-bond donors (Lipinski definition) is 1. The molecule has 3 aromatic carbocycles. The number of halogens is 1. The molecule has 1 N–H and O–H groups in total. The minimum atomic E-state index is -0.629. The van der Waals surface area contributed by atoms with Crippen LogP contribution in [-0.4, -0.2) is 35.8 Å². The number of hydrogen-bond acceptors (Lipinski definition) is 4. The second-order valence-electron chi connectivity index (χ2n) is 8.56. The minimum absolute atomic E-state index is 0.0696. The molecule has 0 saturated carbocycles. The fourth-order valence-electron chi connectivity index (χ4n) is 4.21. The molecule has 6 nitrogen and oxygen atoms in total. The minimum Gasteiger partial charge on any atom is -0.467 e. The lowest BCUT2D eigenvalue weighted by atomic mass is 10.0. The summed E-state index contributed by atoms with van der Waals surface area (Å²) in [6.07, 6.45) is 0. The fraction of sp³-hybridized carbons (Fsp3) is 0.222. The summed E-state index contributed by atoms with van der Waals surface area (Å²) in [7, 11) is 1.34. The van der Waals surface area contributed by atoms with Crippen molar-refractivity contribution in [3.05, 3.63) is 88.4 Å². The molecule has 0 aromatic heterocycles. The van der Waals surface area contributed by atoms with Gasteiger partial charge in [-0.05, 0) is 65.1 Å². The third-order valence-electron chi connectivity index (χ3n) is 5.91. The van der Waals surface area contributed by atoms with E-state index in [1.165, 1.54) is 7.11 Å². The van der Waals surface area contributed by atoms with Crippen molar-refractivity contribution in [2.45, 2.75) is 26.4 Å². The molecule has 0 unspecified atom stereocenters. The predicted octanol–water partition coefficient (Wildman–Crippen LogP) is 5.41. The van der Waals surface area contributed by atoms with Gasteiger partial charge in [0.25, 0.3) is 11.8 Å². The second kappa shape index (κ2) is 9.69. The van der Waals surface area contributed by atoms with Crippen LogP contribution < -0.4 is 5.32 Å². The van der Waals surface area contributed by atoms with Crippen LogP contribution in [0.4, 0.5) is 5.69 Å². The molecule has 1 heterocycles. The van der Waals surface area contributed by atoms with Crippen LogP contribution in [0.25, 0.3) is 11.1 Å². The molecule has 1 atom stereocenters. The highest BCUT2D eigenvalue weighted by Crippen LogP contribution is 2.32. The van der Waals surface area contributed by atoms with Crippen molar-refractivity contribution in [1.82, 2.24) is 4.90 Å². The quantitative estimate of drug-likeness (QED) is 0.482. The Hall–Kier alpha value is -3.64. The molecule has 0 aliphatic carbocycles. The molecule has 34 heavy (non-hydrogen) atoms. The molecule has 2 amide bonds. The summed E-state index contributed by atoms with van der Waals surface area (Å²) >= 11 is 5.97. The maximum absolute atomic E-state index is 13.0. The molecule has 0 saturated heterocycles. The molecule has 3 aromatic rings. The van der Waals surface area contributed by atoms with Gasteiger partial charge in [0, 0.05) is 28.4 Å². The Balaban J connectivity index is 1.51. The summed E-state index contributed by atoms with van der Waals surface area (Å²) in [5.41, 5.74) is 4.51. The van der Waals surface area contributed by atoms with E-state index >= 15 is 0 Å². The highest BCUT2D eigenvalue weighted by atomic mass is 35.5. The summed E-state index contributed by atoms with van der Waals surface area (Å²) in [4.78, 5) is 39.3. The smallest absolute Gasteiger partial charge is 0.328 e. The third kappa shape index (κ3) is 4.68. The van der Waals surface area contributed by atoms with E-state index in [0.29, 0.717) is 28.4 Å². The Labute approximate surface area is 203 Å². The van der Waals surface area contributed by atoms with E-state index in [1.807, 2.05) is 50.2 Å². The molecule has 0 radical (unpaired) electrons. The number of carbonyl (C=O) groups is 3. The first-order chi connectivity index (χ1) is 16.3. The number of anilines is 1. The first-order valence-corrected chi connectivity index (χ1v) is 11.4. The highest BCUT2D eigenvalue weighted by molar-refractivity contribution is 6.31. The van der Waals surface area contributed by atoms with Gasteiger partial charge >= 0.3 is 5.97 Å². The lowest BCUT2D eigenvalue weighted by Crippen LogP contribution is -2.45. The second-order valence-corrected chi connectivity index (χ2v) is 9.00. The molecular weight excluding hydrogens is 452 g/mol. The summed E-state index contributed by atoms with van der Waals surface area (Å²) in [6, 6.07) is 19.3. The van der Waals surface area contributed by atoms with Crippen molar-refractivity contribution in [3.63, 3.8) is 0 Å². The summed E-state index contributed by atoms with van der Waals surface area (Å²) < 4.78 is 4.93. The third-order valence-corrected chi connectivity index (χ3v) is 6.15.